The van der Waals surface area contributed by atoms with Gasteiger partial charge < -0.3 is 15.2 Å². The molecule has 3 aromatic rings. The Bertz CT molecular complexity index is 1190. The van der Waals surface area contributed by atoms with E-state index in [1.165, 1.54) is 12.3 Å². The molecule has 30 heavy (non-hydrogen) atoms. The van der Waals surface area contributed by atoms with Crippen molar-refractivity contribution >= 4 is 33.1 Å². The molecule has 0 radical (unpaired) electrons. The Morgan fingerprint density at radius 1 is 1.33 bits per heavy atom. The fourth-order valence-electron chi connectivity index (χ4n) is 3.25. The Morgan fingerprint density at radius 3 is 2.90 bits per heavy atom. The number of amidine groups is 1. The molecule has 1 saturated heterocycles. The number of rotatable bonds is 7. The van der Waals surface area contributed by atoms with Crippen LogP contribution in [0.5, 0.6) is 0 Å². The van der Waals surface area contributed by atoms with E-state index >= 15 is 0 Å². The molecule has 1 aliphatic rings. The van der Waals surface area contributed by atoms with Crippen LogP contribution < -0.4 is 10.5 Å². The first kappa shape index (κ1) is 20.3. The van der Waals surface area contributed by atoms with E-state index in [-0.39, 0.29) is 16.0 Å². The molecule has 0 aliphatic carbocycles. The number of aromatic nitrogens is 1. The molecule has 1 aliphatic heterocycles. The Morgan fingerprint density at radius 2 is 2.17 bits per heavy atom. The number of thiophene rings is 1. The molecular weight excluding hydrogens is 426 g/mol. The zero-order valence-electron chi connectivity index (χ0n) is 15.7. The van der Waals surface area contributed by atoms with Crippen LogP contribution in [0.15, 0.2) is 57.5 Å². The topological polar surface area (TPSA) is 142 Å². The van der Waals surface area contributed by atoms with Crippen molar-refractivity contribution in [1.29, 1.82) is 5.41 Å². The highest BCUT2D eigenvalue weighted by molar-refractivity contribution is 7.91. The minimum Gasteiger partial charge on any atom is -0.384 e. The lowest BCUT2D eigenvalue weighted by Crippen LogP contribution is -2.41. The molecule has 11 heteroatoms. The zero-order chi connectivity index (χ0) is 21.3. The van der Waals surface area contributed by atoms with Gasteiger partial charge in [0.05, 0.1) is 4.88 Å². The number of amides is 1. The van der Waals surface area contributed by atoms with Crippen LogP contribution >= 0.6 is 11.3 Å². The number of nitrogen functional groups attached to an aromatic ring is 1. The third-order valence-corrected chi connectivity index (χ3v) is 7.81. The summed E-state index contributed by atoms with van der Waals surface area (Å²) in [6.45, 7) is 0.762. The van der Waals surface area contributed by atoms with E-state index in [1.807, 2.05) is 6.07 Å². The van der Waals surface area contributed by atoms with Gasteiger partial charge in [-0.15, -0.1) is 11.3 Å². The molecular formula is C19H19N5O4S2. The molecule has 1 atom stereocenters. The third-order valence-electron chi connectivity index (χ3n) is 4.74. The van der Waals surface area contributed by atoms with Gasteiger partial charge in [-0.25, -0.2) is 8.42 Å². The summed E-state index contributed by atoms with van der Waals surface area (Å²) < 4.78 is 32.9. The second-order valence-electron chi connectivity index (χ2n) is 6.84. The number of benzene rings is 1. The number of nitrogens with two attached hydrogens (primary N) is 1. The fraction of sp³-hybridized carbons (Fsp3) is 0.211. The molecule has 0 saturated carbocycles. The van der Waals surface area contributed by atoms with Gasteiger partial charge in [0.2, 0.25) is 5.91 Å². The smallest absolute Gasteiger partial charge is 0.250 e. The average molecular weight is 446 g/mol. The van der Waals surface area contributed by atoms with Crippen LogP contribution in [0.2, 0.25) is 0 Å². The summed E-state index contributed by atoms with van der Waals surface area (Å²) in [5.74, 6) is -0.323. The van der Waals surface area contributed by atoms with Crippen molar-refractivity contribution in [3.8, 4) is 10.6 Å². The van der Waals surface area contributed by atoms with E-state index in [1.54, 1.807) is 35.2 Å². The van der Waals surface area contributed by atoms with Crippen LogP contribution in [-0.2, 0) is 21.4 Å². The molecule has 4 rings (SSSR count). The molecule has 0 bridgehead atoms. The number of hydrogen-bond acceptors (Lipinski definition) is 7. The number of carbonyl (C=O) groups is 1. The highest BCUT2D eigenvalue weighted by Crippen LogP contribution is 2.30. The third kappa shape index (κ3) is 4.13. The van der Waals surface area contributed by atoms with Crippen LogP contribution in [0.4, 0.5) is 0 Å². The van der Waals surface area contributed by atoms with Gasteiger partial charge in [0.1, 0.15) is 28.0 Å². The Hall–Kier alpha value is -3.02. The van der Waals surface area contributed by atoms with Crippen LogP contribution in [0.3, 0.4) is 0 Å². The van der Waals surface area contributed by atoms with Gasteiger partial charge in [0.15, 0.2) is 0 Å². The van der Waals surface area contributed by atoms with Gasteiger partial charge in [-0.1, -0.05) is 23.4 Å². The minimum atomic E-state index is -3.84. The number of sulfonamides is 1. The van der Waals surface area contributed by atoms with Crippen molar-refractivity contribution in [3.63, 3.8) is 0 Å². The van der Waals surface area contributed by atoms with Crippen molar-refractivity contribution in [2.75, 3.05) is 6.54 Å². The number of nitrogens with one attached hydrogen (secondary N) is 2. The number of nitrogens with zero attached hydrogens (tertiary/aromatic N) is 2. The molecule has 2 aromatic heterocycles. The minimum absolute atomic E-state index is 0.0452. The van der Waals surface area contributed by atoms with Crippen LogP contribution in [0, 0.1) is 5.41 Å². The normalized spacial score (nSPS) is 16.9. The van der Waals surface area contributed by atoms with Gasteiger partial charge in [-0.2, -0.15) is 4.72 Å². The number of carbonyl (C=O) groups excluding carboxylic acids is 1. The van der Waals surface area contributed by atoms with E-state index in [4.69, 9.17) is 15.7 Å². The molecule has 1 amide bonds. The van der Waals surface area contributed by atoms with Crippen molar-refractivity contribution in [1.82, 2.24) is 14.8 Å². The largest absolute Gasteiger partial charge is 0.384 e. The quantitative estimate of drug-likeness (QED) is 0.374. The summed E-state index contributed by atoms with van der Waals surface area (Å²) in [7, 11) is -3.84. The maximum Gasteiger partial charge on any atom is 0.250 e. The molecule has 4 N–H and O–H groups in total. The molecule has 1 fully saturated rings. The number of likely N-dealkylation sites (tertiary alicyclic amines) is 1. The highest BCUT2D eigenvalue weighted by Gasteiger charge is 2.35. The summed E-state index contributed by atoms with van der Waals surface area (Å²) in [4.78, 5) is 15.0. The monoisotopic (exact) mass is 445 g/mol. The molecule has 9 nitrogen and oxygen atoms in total. The van der Waals surface area contributed by atoms with Gasteiger partial charge in [-0.05, 0) is 30.2 Å². The summed E-state index contributed by atoms with van der Waals surface area (Å²) in [6, 6.07) is 11.1. The summed E-state index contributed by atoms with van der Waals surface area (Å²) in [6.07, 6.45) is 1.80. The zero-order valence-corrected chi connectivity index (χ0v) is 17.4. The second kappa shape index (κ2) is 8.01. The molecule has 3 heterocycles. The predicted molar refractivity (Wildman–Crippen MR) is 111 cm³/mol. The Kier molecular flexibility index (Phi) is 5.41. The van der Waals surface area contributed by atoms with Crippen molar-refractivity contribution in [2.45, 2.75) is 23.2 Å². The average Bonchev–Trinajstić information content (AvgIpc) is 3.46. The van der Waals surface area contributed by atoms with E-state index in [0.29, 0.717) is 35.6 Å². The van der Waals surface area contributed by atoms with E-state index in [9.17, 15) is 13.2 Å². The van der Waals surface area contributed by atoms with Gasteiger partial charge >= 0.3 is 0 Å². The van der Waals surface area contributed by atoms with Crippen LogP contribution in [-0.4, -0.2) is 42.8 Å². The van der Waals surface area contributed by atoms with Crippen molar-refractivity contribution in [2.24, 2.45) is 5.73 Å². The maximum absolute atomic E-state index is 12.7. The maximum atomic E-state index is 12.7. The van der Waals surface area contributed by atoms with E-state index in [2.05, 4.69) is 9.88 Å². The first-order valence-corrected chi connectivity index (χ1v) is 11.4. The molecule has 0 spiro atoms. The predicted octanol–water partition coefficient (Wildman–Crippen LogP) is 1.77. The molecule has 1 unspecified atom stereocenters. The van der Waals surface area contributed by atoms with E-state index < -0.39 is 16.1 Å². The van der Waals surface area contributed by atoms with Gasteiger partial charge in [-0.3, -0.25) is 10.2 Å². The Balaban J connectivity index is 1.44. The highest BCUT2D eigenvalue weighted by atomic mass is 32.2. The van der Waals surface area contributed by atoms with Crippen molar-refractivity contribution < 1.29 is 17.7 Å². The molecule has 1 aromatic carbocycles. The summed E-state index contributed by atoms with van der Waals surface area (Å²) in [5.41, 5.74) is 7.48. The van der Waals surface area contributed by atoms with Crippen LogP contribution in [0.1, 0.15) is 17.5 Å². The summed E-state index contributed by atoms with van der Waals surface area (Å²) >= 11 is 1.06. The molecule has 156 valence electrons. The van der Waals surface area contributed by atoms with E-state index in [0.717, 1.165) is 16.9 Å². The van der Waals surface area contributed by atoms with Crippen LogP contribution in [0.25, 0.3) is 10.6 Å². The lowest BCUT2D eigenvalue weighted by atomic mass is 10.1. The van der Waals surface area contributed by atoms with Gasteiger partial charge in [0.25, 0.3) is 10.0 Å². The standard InChI is InChI=1S/C19H19N5O4S2/c20-18(21)13-3-1-2-12(10-13)11-24-8-6-15(19(24)25)23-30(26,27)17-5-4-16(29-17)14-7-9-28-22-14/h1-5,7,9-10,15,23H,6,8,11H2,(H3,20,21). The lowest BCUT2D eigenvalue weighted by Gasteiger charge is -2.17. The lowest BCUT2D eigenvalue weighted by molar-refractivity contribution is -0.129. The fourth-order valence-corrected chi connectivity index (χ4v) is 5.76. The summed E-state index contributed by atoms with van der Waals surface area (Å²) in [5, 5.41) is 11.3. The van der Waals surface area contributed by atoms with Crippen molar-refractivity contribution in [3.05, 3.63) is 59.9 Å². The van der Waals surface area contributed by atoms with Gasteiger partial charge in [0, 0.05) is 24.7 Å². The Labute approximate surface area is 177 Å². The second-order valence-corrected chi connectivity index (χ2v) is 9.86. The SMILES string of the molecule is N=C(N)c1cccc(CN2CCC(NS(=O)(=O)c3ccc(-c4ccon4)s3)C2=O)c1. The first-order chi connectivity index (χ1) is 14.3. The number of hydrogen-bond donors (Lipinski definition) is 3. The first-order valence-electron chi connectivity index (χ1n) is 9.08.